The average Bonchev–Trinajstić information content (AvgIpc) is 3.72. The number of hydrogen-bond acceptors (Lipinski definition) is 10. The van der Waals surface area contributed by atoms with Crippen molar-refractivity contribution in [2.75, 3.05) is 51.9 Å². The maximum atomic E-state index is 17.0. The van der Waals surface area contributed by atoms with Gasteiger partial charge in [-0.15, -0.1) is 0 Å². The summed E-state index contributed by atoms with van der Waals surface area (Å²) in [5, 5.41) is 2.58. The average molecular weight is 719 g/mol. The van der Waals surface area contributed by atoms with Crippen molar-refractivity contribution in [2.24, 2.45) is 0 Å². The fourth-order valence-electron chi connectivity index (χ4n) is 8.76. The molecule has 4 aliphatic rings. The number of hydrogen-bond donors (Lipinski definition) is 0. The van der Waals surface area contributed by atoms with Gasteiger partial charge in [0.1, 0.15) is 29.2 Å². The number of piperazine rings is 1. The van der Waals surface area contributed by atoms with Crippen LogP contribution < -0.4 is 9.64 Å². The van der Waals surface area contributed by atoms with E-state index in [1.807, 2.05) is 56.0 Å². The highest BCUT2D eigenvalue weighted by Gasteiger charge is 2.57. The molecule has 270 valence electrons. The van der Waals surface area contributed by atoms with Crippen molar-refractivity contribution in [3.05, 3.63) is 53.4 Å². The quantitative estimate of drug-likeness (QED) is 0.189. The molecule has 0 N–H and O–H groups in total. The van der Waals surface area contributed by atoms with Gasteiger partial charge in [-0.05, 0) is 64.5 Å². The first-order valence-electron chi connectivity index (χ1n) is 17.7. The number of methoxy groups -OCH3 is 2. The second-order valence-corrected chi connectivity index (χ2v) is 15.8. The Labute approximate surface area is 302 Å². The normalized spacial score (nSPS) is 24.5. The van der Waals surface area contributed by atoms with Crippen LogP contribution in [0.2, 0.25) is 5.02 Å². The van der Waals surface area contributed by atoms with Crippen LogP contribution >= 0.6 is 11.6 Å². The highest BCUT2D eigenvalue weighted by Crippen LogP contribution is 2.46. The van der Waals surface area contributed by atoms with Crippen molar-refractivity contribution in [2.45, 2.75) is 81.9 Å². The molecular formula is C38H44ClFN6O5. The van der Waals surface area contributed by atoms with E-state index >= 15 is 4.39 Å². The summed E-state index contributed by atoms with van der Waals surface area (Å²) >= 11 is 6.66. The van der Waals surface area contributed by atoms with E-state index in [1.54, 1.807) is 26.5 Å². The Bertz CT molecular complexity index is 1990. The number of halogens is 2. The third-order valence-electron chi connectivity index (χ3n) is 11.1. The van der Waals surface area contributed by atoms with Crippen molar-refractivity contribution in [1.29, 1.82) is 0 Å². The maximum Gasteiger partial charge on any atom is 0.410 e. The third-order valence-corrected chi connectivity index (χ3v) is 11.4. The molecule has 1 amide bonds. The van der Waals surface area contributed by atoms with Crippen LogP contribution in [0.4, 0.5) is 15.0 Å². The minimum absolute atomic E-state index is 0.0801. The molecule has 6 heterocycles. The molecule has 0 aliphatic carbocycles. The number of rotatable bonds is 7. The molecule has 8 rings (SSSR count). The van der Waals surface area contributed by atoms with Crippen LogP contribution in [0, 0.1) is 5.82 Å². The van der Waals surface area contributed by atoms with E-state index in [9.17, 15) is 4.79 Å². The lowest BCUT2D eigenvalue weighted by molar-refractivity contribution is -0.198. The Balaban J connectivity index is 1.19. The molecule has 2 aromatic heterocycles. The van der Waals surface area contributed by atoms with E-state index in [2.05, 4.69) is 14.8 Å². The van der Waals surface area contributed by atoms with Crippen LogP contribution in [0.25, 0.3) is 32.9 Å². The molecule has 4 aromatic rings. The third kappa shape index (κ3) is 5.93. The molecule has 51 heavy (non-hydrogen) atoms. The number of anilines is 1. The van der Waals surface area contributed by atoms with Crippen LogP contribution in [0.5, 0.6) is 6.01 Å². The molecule has 4 aliphatic heterocycles. The number of fused-ring (bicyclic) bond motifs is 5. The summed E-state index contributed by atoms with van der Waals surface area (Å²) in [5.41, 5.74) is -0.0948. The molecule has 11 nitrogen and oxygen atoms in total. The summed E-state index contributed by atoms with van der Waals surface area (Å²) in [6.07, 6.45) is 5.58. The second kappa shape index (κ2) is 12.7. The summed E-state index contributed by atoms with van der Waals surface area (Å²) in [5.74, 6) is -0.776. The lowest BCUT2D eigenvalue weighted by Crippen LogP contribution is -2.57. The Morgan fingerprint density at radius 1 is 1.06 bits per heavy atom. The molecule has 13 heteroatoms. The zero-order valence-electron chi connectivity index (χ0n) is 29.7. The first-order chi connectivity index (χ1) is 24.4. The highest BCUT2D eigenvalue weighted by molar-refractivity contribution is 6.36. The zero-order valence-corrected chi connectivity index (χ0v) is 30.5. The van der Waals surface area contributed by atoms with Gasteiger partial charge in [-0.2, -0.15) is 9.97 Å². The number of carbonyl (C=O) groups excluding carboxylic acids is 1. The van der Waals surface area contributed by atoms with Crippen molar-refractivity contribution in [1.82, 2.24) is 24.8 Å². The first kappa shape index (κ1) is 34.3. The van der Waals surface area contributed by atoms with Gasteiger partial charge in [0.15, 0.2) is 11.6 Å². The van der Waals surface area contributed by atoms with Gasteiger partial charge < -0.3 is 23.8 Å². The Kier molecular flexibility index (Phi) is 8.52. The number of ether oxygens (including phenoxy) is 4. The van der Waals surface area contributed by atoms with Crippen LogP contribution in [0.1, 0.15) is 52.9 Å². The number of benzene rings is 2. The Hall–Kier alpha value is -3.84. The summed E-state index contributed by atoms with van der Waals surface area (Å²) in [6, 6.07) is 11.2. The Morgan fingerprint density at radius 2 is 1.78 bits per heavy atom. The van der Waals surface area contributed by atoms with Gasteiger partial charge in [0, 0.05) is 55.9 Å². The molecule has 4 fully saturated rings. The van der Waals surface area contributed by atoms with Crippen molar-refractivity contribution < 1.29 is 28.1 Å². The van der Waals surface area contributed by atoms with Gasteiger partial charge in [-0.3, -0.25) is 14.8 Å². The number of aromatic nitrogens is 3. The van der Waals surface area contributed by atoms with E-state index in [0.717, 1.165) is 43.0 Å². The van der Waals surface area contributed by atoms with Crippen molar-refractivity contribution >= 4 is 45.2 Å². The molecule has 3 unspecified atom stereocenters. The van der Waals surface area contributed by atoms with Crippen LogP contribution in [-0.2, 0) is 14.2 Å². The van der Waals surface area contributed by atoms with E-state index in [-0.39, 0.29) is 40.9 Å². The van der Waals surface area contributed by atoms with E-state index in [0.29, 0.717) is 54.5 Å². The predicted molar refractivity (Wildman–Crippen MR) is 193 cm³/mol. The monoisotopic (exact) mass is 718 g/mol. The zero-order chi connectivity index (χ0) is 35.7. The maximum absolute atomic E-state index is 17.0. The largest absolute Gasteiger partial charge is 0.461 e. The Morgan fingerprint density at radius 3 is 2.49 bits per heavy atom. The van der Waals surface area contributed by atoms with Crippen LogP contribution in [-0.4, -0.2) is 107 Å². The summed E-state index contributed by atoms with van der Waals surface area (Å²) in [6.45, 7) is 8.47. The molecule has 2 aromatic carbocycles. The summed E-state index contributed by atoms with van der Waals surface area (Å²) in [7, 11) is 3.35. The van der Waals surface area contributed by atoms with E-state index in [4.69, 9.17) is 40.5 Å². The number of nitrogens with zero attached hydrogens (tertiary/aromatic N) is 6. The van der Waals surface area contributed by atoms with Gasteiger partial charge >= 0.3 is 12.1 Å². The minimum Gasteiger partial charge on any atom is -0.461 e. The number of amides is 1. The van der Waals surface area contributed by atoms with Crippen LogP contribution in [0.3, 0.4) is 0 Å². The van der Waals surface area contributed by atoms with Crippen LogP contribution in [0.15, 0.2) is 42.6 Å². The fraction of sp³-hybridized carbons (Fsp3) is 0.526. The molecule has 3 atom stereocenters. The van der Waals surface area contributed by atoms with Gasteiger partial charge in [0.2, 0.25) is 0 Å². The molecule has 4 saturated heterocycles. The van der Waals surface area contributed by atoms with Gasteiger partial charge in [0.05, 0.1) is 29.6 Å². The molecule has 0 saturated carbocycles. The minimum atomic E-state index is -0.724. The standard InChI is InChI=1S/C38H44ClFN6O5/c1-36(2,3)51-35(47)46-24-13-14-25(46)19-44(18-24)33-27-17-41-31(26-11-6-9-23-10-7-12-28(39)29(23)26)30(40)32(27)42-34(43-33)50-22-37-15-8-16-45(37)21-38(20-37,48-4)49-5/h6-7,9-12,17,24-25H,8,13-16,18-22H2,1-5H3. The van der Waals surface area contributed by atoms with E-state index < -0.39 is 17.2 Å². The van der Waals surface area contributed by atoms with E-state index in [1.165, 1.54) is 0 Å². The fourth-order valence-corrected chi connectivity index (χ4v) is 9.04. The molecule has 2 bridgehead atoms. The SMILES string of the molecule is COC1(OC)CN2CCCC2(COc2nc(N3CC4CCC(C3)N4C(=O)OC(C)(C)C)c3cnc(-c4cccc5cccc(Cl)c45)c(F)c3n2)C1. The van der Waals surface area contributed by atoms with Gasteiger partial charge in [-0.1, -0.05) is 41.9 Å². The predicted octanol–water partition coefficient (Wildman–Crippen LogP) is 6.83. The second-order valence-electron chi connectivity index (χ2n) is 15.4. The number of pyridine rings is 1. The lowest BCUT2D eigenvalue weighted by atomic mass is 9.93. The lowest BCUT2D eigenvalue weighted by Gasteiger charge is -2.42. The van der Waals surface area contributed by atoms with Crippen molar-refractivity contribution in [3.63, 3.8) is 0 Å². The van der Waals surface area contributed by atoms with Crippen molar-refractivity contribution in [3.8, 4) is 17.3 Å². The van der Waals surface area contributed by atoms with Gasteiger partial charge in [-0.25, -0.2) is 9.18 Å². The molecular weight excluding hydrogens is 675 g/mol. The first-order valence-corrected chi connectivity index (χ1v) is 18.1. The summed E-state index contributed by atoms with van der Waals surface area (Å²) in [4.78, 5) is 34.0. The smallest absolute Gasteiger partial charge is 0.410 e. The summed E-state index contributed by atoms with van der Waals surface area (Å²) < 4.78 is 41.0. The highest BCUT2D eigenvalue weighted by atomic mass is 35.5. The number of carbonyl (C=O) groups is 1. The van der Waals surface area contributed by atoms with Gasteiger partial charge in [0.25, 0.3) is 0 Å². The molecule has 0 spiro atoms. The molecule has 0 radical (unpaired) electrons. The topological polar surface area (TPSA) is 102 Å².